The van der Waals surface area contributed by atoms with Crippen LogP contribution >= 0.6 is 11.6 Å². The zero-order valence-corrected chi connectivity index (χ0v) is 13.6. The minimum absolute atomic E-state index is 0.112. The molecular formula is C16H27ClN2. The third-order valence-corrected chi connectivity index (χ3v) is 3.38. The van der Waals surface area contributed by atoms with E-state index in [1.165, 1.54) is 11.3 Å². The molecule has 1 rings (SSSR count). The van der Waals surface area contributed by atoms with Gasteiger partial charge in [0, 0.05) is 25.2 Å². The zero-order valence-electron chi connectivity index (χ0n) is 12.9. The fraction of sp³-hybridized carbons (Fsp3) is 0.625. The van der Waals surface area contributed by atoms with Crippen molar-refractivity contribution in [3.8, 4) is 0 Å². The Bertz CT molecular complexity index is 396. The van der Waals surface area contributed by atoms with E-state index in [2.05, 4.69) is 50.9 Å². The molecule has 0 saturated carbocycles. The summed E-state index contributed by atoms with van der Waals surface area (Å²) in [6.45, 7) is 13.8. The monoisotopic (exact) mass is 282 g/mol. The van der Waals surface area contributed by atoms with Gasteiger partial charge in [-0.2, -0.15) is 0 Å². The van der Waals surface area contributed by atoms with Crippen LogP contribution in [0.4, 0.5) is 5.69 Å². The molecular weight excluding hydrogens is 256 g/mol. The number of anilines is 1. The lowest BCUT2D eigenvalue weighted by molar-refractivity contribution is 0.424. The zero-order chi connectivity index (χ0) is 14.5. The van der Waals surface area contributed by atoms with Crippen molar-refractivity contribution in [1.29, 1.82) is 0 Å². The van der Waals surface area contributed by atoms with Gasteiger partial charge in [-0.05, 0) is 45.7 Å². The van der Waals surface area contributed by atoms with Crippen LogP contribution in [0.15, 0.2) is 18.2 Å². The molecule has 108 valence electrons. The Morgan fingerprint density at radius 2 is 1.89 bits per heavy atom. The predicted molar refractivity (Wildman–Crippen MR) is 86.2 cm³/mol. The molecule has 1 aromatic rings. The molecule has 1 N–H and O–H groups in total. The standard InChI is InChI=1S/C16H27ClN2/c1-6-11-19(7-2)15-13(9-8-10-14(15)17)12-18-16(3,4)5/h8-10,18H,6-7,11-12H2,1-5H3. The van der Waals surface area contributed by atoms with Gasteiger partial charge in [0.1, 0.15) is 0 Å². The summed E-state index contributed by atoms with van der Waals surface area (Å²) in [5, 5.41) is 4.39. The van der Waals surface area contributed by atoms with Gasteiger partial charge in [-0.1, -0.05) is 30.7 Å². The maximum atomic E-state index is 6.42. The minimum atomic E-state index is 0.112. The molecule has 0 spiro atoms. The Kier molecular flexibility index (Phi) is 6.15. The van der Waals surface area contributed by atoms with Gasteiger partial charge >= 0.3 is 0 Å². The van der Waals surface area contributed by atoms with Crippen LogP contribution in [0.25, 0.3) is 0 Å². The third-order valence-electron chi connectivity index (χ3n) is 3.07. The minimum Gasteiger partial charge on any atom is -0.370 e. The lowest BCUT2D eigenvalue weighted by atomic mass is 10.1. The van der Waals surface area contributed by atoms with E-state index in [-0.39, 0.29) is 5.54 Å². The summed E-state index contributed by atoms with van der Waals surface area (Å²) in [5.74, 6) is 0. The lowest BCUT2D eigenvalue weighted by Gasteiger charge is -2.28. The molecule has 0 unspecified atom stereocenters. The highest BCUT2D eigenvalue weighted by atomic mass is 35.5. The Morgan fingerprint density at radius 3 is 2.42 bits per heavy atom. The first-order valence-electron chi connectivity index (χ1n) is 7.16. The predicted octanol–water partition coefficient (Wildman–Crippen LogP) is 4.46. The summed E-state index contributed by atoms with van der Waals surface area (Å²) in [4.78, 5) is 2.36. The fourth-order valence-electron chi connectivity index (χ4n) is 2.12. The molecule has 0 atom stereocenters. The number of hydrogen-bond acceptors (Lipinski definition) is 2. The van der Waals surface area contributed by atoms with Crippen molar-refractivity contribution in [2.24, 2.45) is 0 Å². The van der Waals surface area contributed by atoms with Crippen LogP contribution in [0.3, 0.4) is 0 Å². The molecule has 1 aromatic carbocycles. The third kappa shape index (κ3) is 5.04. The SMILES string of the molecule is CCCN(CC)c1c(Cl)cccc1CNC(C)(C)C. The molecule has 0 bridgehead atoms. The first kappa shape index (κ1) is 16.3. The van der Waals surface area contributed by atoms with Crippen molar-refractivity contribution in [2.45, 2.75) is 53.1 Å². The largest absolute Gasteiger partial charge is 0.370 e. The van der Waals surface area contributed by atoms with Gasteiger partial charge in [-0.25, -0.2) is 0 Å². The van der Waals surface area contributed by atoms with E-state index in [1.54, 1.807) is 0 Å². The van der Waals surface area contributed by atoms with Crippen LogP contribution in [-0.2, 0) is 6.54 Å². The highest BCUT2D eigenvalue weighted by Gasteiger charge is 2.15. The van der Waals surface area contributed by atoms with Crippen molar-refractivity contribution >= 4 is 17.3 Å². The summed E-state index contributed by atoms with van der Waals surface area (Å²) in [6, 6.07) is 6.18. The van der Waals surface area contributed by atoms with Gasteiger partial charge in [-0.15, -0.1) is 0 Å². The second-order valence-corrected chi connectivity index (χ2v) is 6.34. The molecule has 0 aliphatic heterocycles. The van der Waals surface area contributed by atoms with Crippen molar-refractivity contribution < 1.29 is 0 Å². The summed E-state index contributed by atoms with van der Waals surface area (Å²) in [6.07, 6.45) is 1.13. The number of rotatable bonds is 6. The van der Waals surface area contributed by atoms with E-state index in [0.29, 0.717) is 0 Å². The molecule has 3 heteroatoms. The molecule has 0 heterocycles. The topological polar surface area (TPSA) is 15.3 Å². The summed E-state index contributed by atoms with van der Waals surface area (Å²) in [5.41, 5.74) is 2.57. The number of nitrogens with one attached hydrogen (secondary N) is 1. The molecule has 0 fully saturated rings. The average Bonchev–Trinajstić information content (AvgIpc) is 2.33. The first-order valence-corrected chi connectivity index (χ1v) is 7.54. The van der Waals surface area contributed by atoms with Crippen LogP contribution in [-0.4, -0.2) is 18.6 Å². The van der Waals surface area contributed by atoms with Crippen molar-refractivity contribution in [2.75, 3.05) is 18.0 Å². The second kappa shape index (κ2) is 7.16. The fourth-order valence-corrected chi connectivity index (χ4v) is 2.43. The molecule has 0 aliphatic carbocycles. The molecule has 19 heavy (non-hydrogen) atoms. The number of para-hydroxylation sites is 1. The Hall–Kier alpha value is -0.730. The molecule has 0 amide bonds. The van der Waals surface area contributed by atoms with Crippen LogP contribution < -0.4 is 10.2 Å². The highest BCUT2D eigenvalue weighted by molar-refractivity contribution is 6.33. The van der Waals surface area contributed by atoms with E-state index in [4.69, 9.17) is 11.6 Å². The van der Waals surface area contributed by atoms with Crippen molar-refractivity contribution in [3.63, 3.8) is 0 Å². The van der Waals surface area contributed by atoms with E-state index in [9.17, 15) is 0 Å². The first-order chi connectivity index (χ1) is 8.89. The second-order valence-electron chi connectivity index (χ2n) is 5.93. The quantitative estimate of drug-likeness (QED) is 0.828. The van der Waals surface area contributed by atoms with Crippen molar-refractivity contribution in [1.82, 2.24) is 5.32 Å². The molecule has 0 radical (unpaired) electrons. The van der Waals surface area contributed by atoms with Crippen LogP contribution in [0.5, 0.6) is 0 Å². The molecule has 0 aromatic heterocycles. The number of nitrogens with zero attached hydrogens (tertiary/aromatic N) is 1. The van der Waals surface area contributed by atoms with Gasteiger partial charge in [0.2, 0.25) is 0 Å². The van der Waals surface area contributed by atoms with Gasteiger partial charge in [0.15, 0.2) is 0 Å². The molecule has 0 aliphatic rings. The maximum Gasteiger partial charge on any atom is 0.0642 e. The summed E-state index contributed by atoms with van der Waals surface area (Å²) >= 11 is 6.42. The maximum absolute atomic E-state index is 6.42. The Labute approximate surface area is 123 Å². The van der Waals surface area contributed by atoms with E-state index < -0.39 is 0 Å². The molecule has 2 nitrogen and oxygen atoms in total. The van der Waals surface area contributed by atoms with E-state index >= 15 is 0 Å². The van der Waals surface area contributed by atoms with Crippen molar-refractivity contribution in [3.05, 3.63) is 28.8 Å². The van der Waals surface area contributed by atoms with E-state index in [0.717, 1.165) is 31.1 Å². The number of hydrogen-bond donors (Lipinski definition) is 1. The van der Waals surface area contributed by atoms with Crippen LogP contribution in [0.1, 0.15) is 46.6 Å². The van der Waals surface area contributed by atoms with Gasteiger partial charge < -0.3 is 10.2 Å². The van der Waals surface area contributed by atoms with Gasteiger partial charge in [-0.3, -0.25) is 0 Å². The van der Waals surface area contributed by atoms with Crippen LogP contribution in [0.2, 0.25) is 5.02 Å². The number of halogens is 1. The smallest absolute Gasteiger partial charge is 0.0642 e. The normalized spacial score (nSPS) is 11.7. The average molecular weight is 283 g/mol. The van der Waals surface area contributed by atoms with Gasteiger partial charge in [0.25, 0.3) is 0 Å². The van der Waals surface area contributed by atoms with Crippen LogP contribution in [0, 0.1) is 0 Å². The highest BCUT2D eigenvalue weighted by Crippen LogP contribution is 2.30. The van der Waals surface area contributed by atoms with Gasteiger partial charge in [0.05, 0.1) is 10.7 Å². The summed E-state index contributed by atoms with van der Waals surface area (Å²) < 4.78 is 0. The summed E-state index contributed by atoms with van der Waals surface area (Å²) in [7, 11) is 0. The Balaban J connectivity index is 3.00. The molecule has 0 saturated heterocycles. The lowest BCUT2D eigenvalue weighted by Crippen LogP contribution is -2.36. The van der Waals surface area contributed by atoms with E-state index in [1.807, 2.05) is 12.1 Å². The Morgan fingerprint density at radius 1 is 1.21 bits per heavy atom. The number of benzene rings is 1.